The van der Waals surface area contributed by atoms with Crippen LogP contribution in [0.1, 0.15) is 46.5 Å². The molecule has 0 aromatic rings. The van der Waals surface area contributed by atoms with Gasteiger partial charge in [-0.05, 0) is 12.3 Å². The van der Waals surface area contributed by atoms with E-state index in [1.165, 1.54) is 0 Å². The van der Waals surface area contributed by atoms with Gasteiger partial charge in [-0.3, -0.25) is 9.59 Å². The standard InChI is InChI=1S/2C6H13NO2/c1-3-4(2)5(7)6(8)9;1-2-3-4-5(7)6(8)9/h4-5H,3,7H2,1-2H3,(H,8,9);5H,2-4,7H2,1H3,(H,8,9)/t4-,5-;/m0./s1. The van der Waals surface area contributed by atoms with Crippen LogP contribution in [0.2, 0.25) is 0 Å². The summed E-state index contributed by atoms with van der Waals surface area (Å²) in [7, 11) is 0. The van der Waals surface area contributed by atoms with Gasteiger partial charge >= 0.3 is 11.9 Å². The highest BCUT2D eigenvalue weighted by Gasteiger charge is 2.17. The smallest absolute Gasteiger partial charge is 0.320 e. The SMILES string of the molecule is CCCCC(N)C(=O)O.CC[C@H](C)[C@H](N)C(=O)O. The number of hydrogen-bond acceptors (Lipinski definition) is 4. The fourth-order valence-electron chi connectivity index (χ4n) is 1.04. The Hall–Kier alpha value is -1.14. The number of hydrogen-bond donors (Lipinski definition) is 4. The van der Waals surface area contributed by atoms with Gasteiger partial charge in [-0.25, -0.2) is 0 Å². The number of aliphatic carboxylic acids is 2. The maximum Gasteiger partial charge on any atom is 0.320 e. The molecule has 0 aromatic carbocycles. The van der Waals surface area contributed by atoms with Crippen LogP contribution in [0.4, 0.5) is 0 Å². The highest BCUT2D eigenvalue weighted by Crippen LogP contribution is 2.04. The van der Waals surface area contributed by atoms with Gasteiger partial charge in [-0.2, -0.15) is 0 Å². The number of rotatable bonds is 7. The highest BCUT2D eigenvalue weighted by atomic mass is 16.4. The average molecular weight is 262 g/mol. The van der Waals surface area contributed by atoms with Gasteiger partial charge in [0.25, 0.3) is 0 Å². The second-order valence-electron chi connectivity index (χ2n) is 4.34. The normalized spacial score (nSPS) is 14.9. The van der Waals surface area contributed by atoms with Gasteiger partial charge in [0, 0.05) is 0 Å². The Balaban J connectivity index is 0. The van der Waals surface area contributed by atoms with E-state index in [2.05, 4.69) is 0 Å². The molecule has 6 N–H and O–H groups in total. The van der Waals surface area contributed by atoms with Gasteiger partial charge in [-0.15, -0.1) is 0 Å². The van der Waals surface area contributed by atoms with Crippen molar-refractivity contribution in [3.8, 4) is 0 Å². The van der Waals surface area contributed by atoms with Gasteiger partial charge in [0.15, 0.2) is 0 Å². The van der Waals surface area contributed by atoms with Crippen molar-refractivity contribution in [2.24, 2.45) is 17.4 Å². The topological polar surface area (TPSA) is 127 Å². The number of carboxylic acids is 2. The summed E-state index contributed by atoms with van der Waals surface area (Å²) in [6.07, 6.45) is 3.30. The van der Waals surface area contributed by atoms with Crippen molar-refractivity contribution in [3.05, 3.63) is 0 Å². The number of carboxylic acid groups (broad SMARTS) is 2. The van der Waals surface area contributed by atoms with E-state index in [1.807, 2.05) is 20.8 Å². The van der Waals surface area contributed by atoms with Gasteiger partial charge in [0.05, 0.1) is 0 Å². The largest absolute Gasteiger partial charge is 0.480 e. The van der Waals surface area contributed by atoms with Crippen LogP contribution in [0.3, 0.4) is 0 Å². The predicted molar refractivity (Wildman–Crippen MR) is 70.2 cm³/mol. The summed E-state index contributed by atoms with van der Waals surface area (Å²) in [4.78, 5) is 20.3. The van der Waals surface area contributed by atoms with E-state index in [-0.39, 0.29) is 5.92 Å². The van der Waals surface area contributed by atoms with Crippen LogP contribution in [0.25, 0.3) is 0 Å². The van der Waals surface area contributed by atoms with Crippen LogP contribution in [0.5, 0.6) is 0 Å². The Morgan fingerprint density at radius 2 is 1.61 bits per heavy atom. The van der Waals surface area contributed by atoms with Crippen LogP contribution >= 0.6 is 0 Å². The predicted octanol–water partition coefficient (Wildman–Crippen LogP) is 1.03. The summed E-state index contributed by atoms with van der Waals surface area (Å²) < 4.78 is 0. The molecule has 108 valence electrons. The maximum atomic E-state index is 10.2. The molecule has 0 aliphatic heterocycles. The Morgan fingerprint density at radius 1 is 1.11 bits per heavy atom. The summed E-state index contributed by atoms with van der Waals surface area (Å²) in [6.45, 7) is 5.76. The molecule has 0 aliphatic carbocycles. The van der Waals surface area contributed by atoms with E-state index in [4.69, 9.17) is 21.7 Å². The van der Waals surface area contributed by atoms with Crippen molar-refractivity contribution < 1.29 is 19.8 Å². The lowest BCUT2D eigenvalue weighted by Gasteiger charge is -2.11. The lowest BCUT2D eigenvalue weighted by molar-refractivity contribution is -0.140. The maximum absolute atomic E-state index is 10.2. The second-order valence-corrected chi connectivity index (χ2v) is 4.34. The lowest BCUT2D eigenvalue weighted by atomic mass is 10.0. The molecule has 18 heavy (non-hydrogen) atoms. The van der Waals surface area contributed by atoms with E-state index >= 15 is 0 Å². The third-order valence-corrected chi connectivity index (χ3v) is 2.73. The van der Waals surface area contributed by atoms with Gasteiger partial charge in [0.1, 0.15) is 12.1 Å². The van der Waals surface area contributed by atoms with E-state index in [0.29, 0.717) is 6.42 Å². The molecule has 0 aliphatic rings. The zero-order chi connectivity index (χ0) is 14.7. The van der Waals surface area contributed by atoms with Gasteiger partial charge in [-0.1, -0.05) is 40.0 Å². The van der Waals surface area contributed by atoms with E-state index < -0.39 is 24.0 Å². The average Bonchev–Trinajstić information content (AvgIpc) is 2.34. The molecule has 3 atom stereocenters. The summed E-state index contributed by atoms with van der Waals surface area (Å²) in [5.41, 5.74) is 10.5. The zero-order valence-electron chi connectivity index (χ0n) is 11.4. The van der Waals surface area contributed by atoms with Crippen molar-refractivity contribution >= 4 is 11.9 Å². The first-order chi connectivity index (χ1) is 8.27. The first kappa shape index (κ1) is 19.2. The van der Waals surface area contributed by atoms with Crippen LogP contribution < -0.4 is 11.5 Å². The van der Waals surface area contributed by atoms with Crippen LogP contribution in [0, 0.1) is 5.92 Å². The van der Waals surface area contributed by atoms with Crippen molar-refractivity contribution in [3.63, 3.8) is 0 Å². The summed E-state index contributed by atoms with van der Waals surface area (Å²) in [5, 5.41) is 16.6. The van der Waals surface area contributed by atoms with Crippen LogP contribution in [-0.2, 0) is 9.59 Å². The first-order valence-electron chi connectivity index (χ1n) is 6.24. The molecule has 0 amide bonds. The Kier molecular flexibility index (Phi) is 11.7. The summed E-state index contributed by atoms with van der Waals surface area (Å²) >= 11 is 0. The molecule has 6 nitrogen and oxygen atoms in total. The number of unbranched alkanes of at least 4 members (excludes halogenated alkanes) is 1. The van der Waals surface area contributed by atoms with Crippen LogP contribution in [-0.4, -0.2) is 34.2 Å². The molecule has 0 heterocycles. The minimum atomic E-state index is -0.913. The summed E-state index contributed by atoms with van der Waals surface area (Å²) in [6, 6.07) is -1.36. The fourth-order valence-corrected chi connectivity index (χ4v) is 1.04. The molecule has 0 spiro atoms. The third kappa shape index (κ3) is 10.0. The third-order valence-electron chi connectivity index (χ3n) is 2.73. The molecule has 1 unspecified atom stereocenters. The molecular formula is C12H26N2O4. The quantitative estimate of drug-likeness (QED) is 0.543. The van der Waals surface area contributed by atoms with Crippen LogP contribution in [0.15, 0.2) is 0 Å². The Morgan fingerprint density at radius 3 is 1.83 bits per heavy atom. The minimum absolute atomic E-state index is 0.0718. The molecular weight excluding hydrogens is 236 g/mol. The fraction of sp³-hybridized carbons (Fsp3) is 0.833. The second kappa shape index (κ2) is 11.0. The highest BCUT2D eigenvalue weighted by molar-refractivity contribution is 5.73. The van der Waals surface area contributed by atoms with E-state index in [9.17, 15) is 9.59 Å². The monoisotopic (exact) mass is 262 g/mol. The van der Waals surface area contributed by atoms with E-state index in [1.54, 1.807) is 0 Å². The van der Waals surface area contributed by atoms with E-state index in [0.717, 1.165) is 19.3 Å². The minimum Gasteiger partial charge on any atom is -0.480 e. The first-order valence-corrected chi connectivity index (χ1v) is 6.24. The number of nitrogens with two attached hydrogens (primary N) is 2. The van der Waals surface area contributed by atoms with Crippen molar-refractivity contribution in [1.29, 1.82) is 0 Å². The molecule has 0 radical (unpaired) electrons. The molecule has 0 saturated carbocycles. The summed E-state index contributed by atoms with van der Waals surface area (Å²) in [5.74, 6) is -1.74. The zero-order valence-corrected chi connectivity index (χ0v) is 11.4. The molecule has 0 fully saturated rings. The van der Waals surface area contributed by atoms with Crippen molar-refractivity contribution in [2.45, 2.75) is 58.5 Å². The Bertz CT molecular complexity index is 246. The van der Waals surface area contributed by atoms with Gasteiger partial charge < -0.3 is 21.7 Å². The molecule has 0 saturated heterocycles. The van der Waals surface area contributed by atoms with Gasteiger partial charge in [0.2, 0.25) is 0 Å². The molecule has 0 rings (SSSR count). The van der Waals surface area contributed by atoms with Crippen molar-refractivity contribution in [2.75, 3.05) is 0 Å². The number of carbonyl (C=O) groups is 2. The Labute approximate surface area is 108 Å². The molecule has 6 heteroatoms. The molecule has 0 bridgehead atoms. The van der Waals surface area contributed by atoms with Crippen molar-refractivity contribution in [1.82, 2.24) is 0 Å². The molecule has 0 aromatic heterocycles. The lowest BCUT2D eigenvalue weighted by Crippen LogP contribution is -2.36.